The first-order chi connectivity index (χ1) is 7.34. The molecule has 2 nitrogen and oxygen atoms in total. The summed E-state index contributed by atoms with van der Waals surface area (Å²) in [6.45, 7) is 7.52. The summed E-state index contributed by atoms with van der Waals surface area (Å²) in [6, 6.07) is 1.54. The Labute approximate surface area is 101 Å². The lowest BCUT2D eigenvalue weighted by molar-refractivity contribution is 0.0964. The van der Waals surface area contributed by atoms with Gasteiger partial charge in [0.25, 0.3) is 0 Å². The average molecular weight is 241 g/mol. The standard InChI is InChI=1S/C13H17ClO2/c1-7(2)5-10(15)12-9(4)13(14)8(3)6-11(12)16/h6-7,16H,5H2,1-4H3. The molecule has 3 heteroatoms. The summed E-state index contributed by atoms with van der Waals surface area (Å²) in [4.78, 5) is 11.9. The van der Waals surface area contributed by atoms with Crippen molar-refractivity contribution < 1.29 is 9.90 Å². The molecule has 1 rings (SSSR count). The van der Waals surface area contributed by atoms with E-state index in [4.69, 9.17) is 11.6 Å². The summed E-state index contributed by atoms with van der Waals surface area (Å²) >= 11 is 6.07. The monoisotopic (exact) mass is 240 g/mol. The minimum atomic E-state index is -0.0492. The maximum atomic E-state index is 11.9. The first kappa shape index (κ1) is 13.0. The zero-order chi connectivity index (χ0) is 12.5. The molecule has 0 unspecified atom stereocenters. The normalized spacial score (nSPS) is 10.9. The van der Waals surface area contributed by atoms with Crippen LogP contribution in [-0.4, -0.2) is 10.9 Å². The topological polar surface area (TPSA) is 37.3 Å². The number of Topliss-reactive ketones (excluding diaryl/α,β-unsaturated/α-hetero) is 1. The van der Waals surface area contributed by atoms with E-state index < -0.39 is 0 Å². The first-order valence-corrected chi connectivity index (χ1v) is 5.74. The Bertz CT molecular complexity index is 422. The highest BCUT2D eigenvalue weighted by molar-refractivity contribution is 6.32. The molecule has 0 bridgehead atoms. The summed E-state index contributed by atoms with van der Waals surface area (Å²) in [7, 11) is 0. The van der Waals surface area contributed by atoms with Crippen molar-refractivity contribution in [1.29, 1.82) is 0 Å². The number of aryl methyl sites for hydroxylation is 1. The molecular weight excluding hydrogens is 224 g/mol. The predicted molar refractivity (Wildman–Crippen MR) is 66.4 cm³/mol. The Kier molecular flexibility index (Phi) is 3.98. The lowest BCUT2D eigenvalue weighted by atomic mass is 9.95. The van der Waals surface area contributed by atoms with Gasteiger partial charge in [-0.15, -0.1) is 0 Å². The third-order valence-corrected chi connectivity index (χ3v) is 3.11. The van der Waals surface area contributed by atoms with E-state index in [2.05, 4.69) is 0 Å². The minimum absolute atomic E-state index is 0.0325. The summed E-state index contributed by atoms with van der Waals surface area (Å²) in [5.41, 5.74) is 1.83. The van der Waals surface area contributed by atoms with Crippen molar-refractivity contribution in [2.24, 2.45) is 5.92 Å². The number of carbonyl (C=O) groups is 1. The smallest absolute Gasteiger partial charge is 0.167 e. The molecule has 88 valence electrons. The van der Waals surface area contributed by atoms with Crippen molar-refractivity contribution in [3.05, 3.63) is 27.8 Å². The third kappa shape index (κ3) is 2.56. The van der Waals surface area contributed by atoms with Gasteiger partial charge in [0.15, 0.2) is 5.78 Å². The van der Waals surface area contributed by atoms with Crippen LogP contribution in [0.25, 0.3) is 0 Å². The van der Waals surface area contributed by atoms with Crippen molar-refractivity contribution >= 4 is 17.4 Å². The highest BCUT2D eigenvalue weighted by Crippen LogP contribution is 2.32. The number of hydrogen-bond donors (Lipinski definition) is 1. The molecule has 0 spiro atoms. The van der Waals surface area contributed by atoms with Gasteiger partial charge in [0.1, 0.15) is 5.75 Å². The number of benzene rings is 1. The molecule has 1 aromatic rings. The van der Waals surface area contributed by atoms with Gasteiger partial charge in [-0.3, -0.25) is 4.79 Å². The van der Waals surface area contributed by atoms with Crippen molar-refractivity contribution in [3.8, 4) is 5.75 Å². The van der Waals surface area contributed by atoms with Gasteiger partial charge in [0, 0.05) is 11.4 Å². The number of halogens is 1. The Balaban J connectivity index is 3.24. The molecule has 1 aromatic carbocycles. The number of carbonyl (C=O) groups excluding carboxylic acids is 1. The van der Waals surface area contributed by atoms with Gasteiger partial charge >= 0.3 is 0 Å². The van der Waals surface area contributed by atoms with E-state index >= 15 is 0 Å². The van der Waals surface area contributed by atoms with E-state index in [0.717, 1.165) is 5.56 Å². The molecule has 0 aliphatic heterocycles. The quantitative estimate of drug-likeness (QED) is 0.814. The predicted octanol–water partition coefficient (Wildman–Crippen LogP) is 3.89. The van der Waals surface area contributed by atoms with E-state index in [0.29, 0.717) is 22.6 Å². The van der Waals surface area contributed by atoms with Crippen LogP contribution in [0.3, 0.4) is 0 Å². The number of rotatable bonds is 3. The van der Waals surface area contributed by atoms with Crippen LogP contribution in [-0.2, 0) is 0 Å². The van der Waals surface area contributed by atoms with Crippen molar-refractivity contribution in [2.75, 3.05) is 0 Å². The van der Waals surface area contributed by atoms with Gasteiger partial charge in [0.05, 0.1) is 5.56 Å². The fourth-order valence-corrected chi connectivity index (χ4v) is 1.91. The molecule has 0 radical (unpaired) electrons. The Hall–Kier alpha value is -1.02. The van der Waals surface area contributed by atoms with Gasteiger partial charge in [-0.1, -0.05) is 25.4 Å². The second-order valence-corrected chi connectivity index (χ2v) is 4.93. The van der Waals surface area contributed by atoms with Crippen LogP contribution in [0.5, 0.6) is 5.75 Å². The van der Waals surface area contributed by atoms with Crippen molar-refractivity contribution in [2.45, 2.75) is 34.1 Å². The molecule has 16 heavy (non-hydrogen) atoms. The summed E-state index contributed by atoms with van der Waals surface area (Å²) in [6.07, 6.45) is 0.424. The van der Waals surface area contributed by atoms with Crippen LogP contribution in [0.4, 0.5) is 0 Å². The van der Waals surface area contributed by atoms with Crippen LogP contribution in [0.2, 0.25) is 5.02 Å². The van der Waals surface area contributed by atoms with Crippen LogP contribution < -0.4 is 0 Å². The zero-order valence-corrected chi connectivity index (χ0v) is 10.9. The number of ketones is 1. The highest BCUT2D eigenvalue weighted by atomic mass is 35.5. The second-order valence-electron chi connectivity index (χ2n) is 4.55. The van der Waals surface area contributed by atoms with Gasteiger partial charge in [-0.2, -0.15) is 0 Å². The van der Waals surface area contributed by atoms with Crippen LogP contribution >= 0.6 is 11.6 Å². The highest BCUT2D eigenvalue weighted by Gasteiger charge is 2.18. The number of phenols is 1. The molecule has 0 fully saturated rings. The molecule has 0 saturated carbocycles. The minimum Gasteiger partial charge on any atom is -0.507 e. The van der Waals surface area contributed by atoms with Crippen LogP contribution in [0.1, 0.15) is 41.8 Å². The largest absolute Gasteiger partial charge is 0.507 e. The Morgan fingerprint density at radius 2 is 2.00 bits per heavy atom. The van der Waals surface area contributed by atoms with Crippen LogP contribution in [0.15, 0.2) is 6.07 Å². The molecule has 0 amide bonds. The fraction of sp³-hybridized carbons (Fsp3) is 0.462. The first-order valence-electron chi connectivity index (χ1n) is 5.36. The Morgan fingerprint density at radius 3 is 2.50 bits per heavy atom. The average Bonchev–Trinajstić information content (AvgIpc) is 2.13. The van der Waals surface area contributed by atoms with E-state index in [1.54, 1.807) is 13.0 Å². The van der Waals surface area contributed by atoms with E-state index in [1.165, 1.54) is 0 Å². The van der Waals surface area contributed by atoms with Gasteiger partial charge in [-0.25, -0.2) is 0 Å². The van der Waals surface area contributed by atoms with Gasteiger partial charge < -0.3 is 5.11 Å². The number of phenolic OH excluding ortho intramolecular Hbond substituents is 1. The zero-order valence-electron chi connectivity index (χ0n) is 10.1. The maximum absolute atomic E-state index is 11.9. The number of aromatic hydroxyl groups is 1. The molecule has 0 aromatic heterocycles. The summed E-state index contributed by atoms with van der Waals surface area (Å²) < 4.78 is 0. The summed E-state index contributed by atoms with van der Waals surface area (Å²) in [5, 5.41) is 10.4. The Morgan fingerprint density at radius 1 is 1.44 bits per heavy atom. The lowest BCUT2D eigenvalue weighted by Crippen LogP contribution is -2.07. The molecule has 0 aliphatic carbocycles. The molecule has 0 heterocycles. The van der Waals surface area contributed by atoms with E-state index in [-0.39, 0.29) is 17.5 Å². The molecule has 0 saturated heterocycles. The summed E-state index contributed by atoms with van der Waals surface area (Å²) in [5.74, 6) is 0.253. The van der Waals surface area contributed by atoms with Gasteiger partial charge in [-0.05, 0) is 37.0 Å². The molecular formula is C13H17ClO2. The molecule has 1 N–H and O–H groups in total. The SMILES string of the molecule is Cc1cc(O)c(C(=O)CC(C)C)c(C)c1Cl. The maximum Gasteiger partial charge on any atom is 0.167 e. The lowest BCUT2D eigenvalue weighted by Gasteiger charge is -2.12. The third-order valence-electron chi connectivity index (χ3n) is 2.53. The number of hydrogen-bond acceptors (Lipinski definition) is 2. The molecule has 0 atom stereocenters. The van der Waals surface area contributed by atoms with E-state index in [1.807, 2.05) is 20.8 Å². The van der Waals surface area contributed by atoms with Crippen molar-refractivity contribution in [3.63, 3.8) is 0 Å². The van der Waals surface area contributed by atoms with Crippen LogP contribution in [0, 0.1) is 19.8 Å². The van der Waals surface area contributed by atoms with Gasteiger partial charge in [0.2, 0.25) is 0 Å². The molecule has 0 aliphatic rings. The fourth-order valence-electron chi connectivity index (χ4n) is 1.76. The second kappa shape index (κ2) is 4.88. The van der Waals surface area contributed by atoms with Crippen molar-refractivity contribution in [1.82, 2.24) is 0 Å². The van der Waals surface area contributed by atoms with E-state index in [9.17, 15) is 9.90 Å².